The molecule has 0 aliphatic heterocycles. The van der Waals surface area contributed by atoms with Crippen LogP contribution in [0.2, 0.25) is 0 Å². The van der Waals surface area contributed by atoms with Crippen LogP contribution in [-0.2, 0) is 14.3 Å². The Morgan fingerprint density at radius 1 is 1.04 bits per heavy atom. The van der Waals surface area contributed by atoms with E-state index in [0.717, 1.165) is 4.70 Å². The second-order valence-electron chi connectivity index (χ2n) is 6.41. The largest absolute Gasteiger partial charge is 0.462 e. The fourth-order valence-corrected chi connectivity index (χ4v) is 3.83. The summed E-state index contributed by atoms with van der Waals surface area (Å²) in [5.74, 6) is -0.420. The van der Waals surface area contributed by atoms with Gasteiger partial charge in [-0.05, 0) is 44.0 Å². The molecule has 28 heavy (non-hydrogen) atoms. The molecule has 2 aromatic carbocycles. The third kappa shape index (κ3) is 4.46. The molecule has 0 aliphatic rings. The standard InChI is InChI=1S/C22H20O5S/c1-14(2)22(25)26-13-6-5-12-19(23)27-17-10-7-9-16-20(24)15-8-3-4-11-18(15)28-21(16)17/h3-4,7-11H,1,5-6,12-13H2,2H3. The summed E-state index contributed by atoms with van der Waals surface area (Å²) in [6, 6.07) is 12.5. The van der Waals surface area contributed by atoms with Crippen molar-refractivity contribution in [1.82, 2.24) is 0 Å². The molecule has 144 valence electrons. The lowest BCUT2D eigenvalue weighted by Crippen LogP contribution is -2.10. The Kier molecular flexibility index (Phi) is 6.21. The van der Waals surface area contributed by atoms with Crippen LogP contribution in [0.4, 0.5) is 0 Å². The second-order valence-corrected chi connectivity index (χ2v) is 7.46. The maximum Gasteiger partial charge on any atom is 0.333 e. The van der Waals surface area contributed by atoms with Gasteiger partial charge in [-0.1, -0.05) is 24.8 Å². The quantitative estimate of drug-likeness (QED) is 0.192. The molecular formula is C22H20O5S. The van der Waals surface area contributed by atoms with Gasteiger partial charge in [0.1, 0.15) is 5.75 Å². The van der Waals surface area contributed by atoms with E-state index in [-0.39, 0.29) is 24.4 Å². The monoisotopic (exact) mass is 396 g/mol. The Labute approximate surface area is 166 Å². The minimum absolute atomic E-state index is 0.0680. The van der Waals surface area contributed by atoms with Gasteiger partial charge in [-0.3, -0.25) is 9.59 Å². The Bertz CT molecular complexity index is 1110. The van der Waals surface area contributed by atoms with Crippen LogP contribution in [0.25, 0.3) is 20.2 Å². The first-order valence-electron chi connectivity index (χ1n) is 8.95. The van der Waals surface area contributed by atoms with Crippen molar-refractivity contribution in [3.05, 3.63) is 64.8 Å². The number of benzene rings is 2. The molecule has 3 aromatic rings. The molecule has 0 atom stereocenters. The fraction of sp³-hybridized carbons (Fsp3) is 0.227. The first-order chi connectivity index (χ1) is 13.5. The maximum atomic E-state index is 12.7. The number of rotatable bonds is 7. The highest BCUT2D eigenvalue weighted by Crippen LogP contribution is 2.32. The van der Waals surface area contributed by atoms with Crippen LogP contribution >= 0.6 is 11.3 Å². The number of hydrogen-bond donors (Lipinski definition) is 0. The summed E-state index contributed by atoms with van der Waals surface area (Å²) in [4.78, 5) is 36.2. The Balaban J connectivity index is 1.67. The lowest BCUT2D eigenvalue weighted by Gasteiger charge is -2.08. The number of esters is 2. The predicted molar refractivity (Wildman–Crippen MR) is 111 cm³/mol. The van der Waals surface area contributed by atoms with Gasteiger partial charge in [-0.25, -0.2) is 4.79 Å². The van der Waals surface area contributed by atoms with E-state index in [0.29, 0.717) is 39.6 Å². The molecule has 5 nitrogen and oxygen atoms in total. The van der Waals surface area contributed by atoms with E-state index in [1.54, 1.807) is 31.2 Å². The Hall–Kier alpha value is -2.99. The molecule has 0 bridgehead atoms. The SMILES string of the molecule is C=C(C)C(=O)OCCCCC(=O)Oc1cccc2c(=O)c3ccccc3sc12. The molecule has 0 N–H and O–H groups in total. The van der Waals surface area contributed by atoms with E-state index < -0.39 is 5.97 Å². The minimum Gasteiger partial charge on any atom is -0.462 e. The average molecular weight is 396 g/mol. The molecule has 3 rings (SSSR count). The molecule has 1 aromatic heterocycles. The van der Waals surface area contributed by atoms with Gasteiger partial charge in [-0.15, -0.1) is 11.3 Å². The molecule has 0 radical (unpaired) electrons. The topological polar surface area (TPSA) is 69.7 Å². The molecule has 0 saturated heterocycles. The maximum absolute atomic E-state index is 12.7. The van der Waals surface area contributed by atoms with Gasteiger partial charge in [0.25, 0.3) is 0 Å². The lowest BCUT2D eigenvalue weighted by molar-refractivity contribution is -0.139. The molecule has 0 unspecified atom stereocenters. The van der Waals surface area contributed by atoms with Crippen molar-refractivity contribution in [2.24, 2.45) is 0 Å². The van der Waals surface area contributed by atoms with Crippen molar-refractivity contribution in [3.8, 4) is 5.75 Å². The van der Waals surface area contributed by atoms with Crippen molar-refractivity contribution in [2.45, 2.75) is 26.2 Å². The number of carbonyl (C=O) groups is 2. The zero-order valence-corrected chi connectivity index (χ0v) is 16.3. The summed E-state index contributed by atoms with van der Waals surface area (Å²) in [5, 5.41) is 1.20. The van der Waals surface area contributed by atoms with Crippen molar-refractivity contribution in [3.63, 3.8) is 0 Å². The predicted octanol–water partition coefficient (Wildman–Crippen LogP) is 4.61. The normalized spacial score (nSPS) is 10.8. The van der Waals surface area contributed by atoms with Gasteiger partial charge in [0, 0.05) is 27.5 Å². The van der Waals surface area contributed by atoms with Gasteiger partial charge < -0.3 is 9.47 Å². The summed E-state index contributed by atoms with van der Waals surface area (Å²) in [6.45, 7) is 5.33. The van der Waals surface area contributed by atoms with Crippen LogP contribution < -0.4 is 10.2 Å². The summed E-state index contributed by atoms with van der Waals surface area (Å²) < 4.78 is 12.0. The molecular weight excluding hydrogens is 376 g/mol. The molecule has 0 amide bonds. The summed E-state index contributed by atoms with van der Waals surface area (Å²) in [6.07, 6.45) is 1.29. The van der Waals surface area contributed by atoms with E-state index >= 15 is 0 Å². The summed E-state index contributed by atoms with van der Waals surface area (Å²) >= 11 is 1.43. The van der Waals surface area contributed by atoms with E-state index in [1.165, 1.54) is 11.3 Å². The number of carbonyl (C=O) groups excluding carboxylic acids is 2. The van der Waals surface area contributed by atoms with E-state index in [2.05, 4.69) is 6.58 Å². The van der Waals surface area contributed by atoms with Crippen LogP contribution in [0.3, 0.4) is 0 Å². The smallest absolute Gasteiger partial charge is 0.333 e. The zero-order valence-electron chi connectivity index (χ0n) is 15.5. The van der Waals surface area contributed by atoms with Gasteiger partial charge in [0.2, 0.25) is 0 Å². The van der Waals surface area contributed by atoms with Crippen LogP contribution in [0.15, 0.2) is 59.4 Å². The molecule has 0 fully saturated rings. The van der Waals surface area contributed by atoms with Crippen molar-refractivity contribution in [2.75, 3.05) is 6.61 Å². The average Bonchev–Trinajstić information content (AvgIpc) is 2.68. The third-order valence-corrected chi connectivity index (χ3v) is 5.35. The van der Waals surface area contributed by atoms with Crippen LogP contribution in [0.5, 0.6) is 5.75 Å². The molecule has 6 heteroatoms. The van der Waals surface area contributed by atoms with Crippen LogP contribution in [0, 0.1) is 0 Å². The number of fused-ring (bicyclic) bond motifs is 2. The van der Waals surface area contributed by atoms with Gasteiger partial charge >= 0.3 is 11.9 Å². The van der Waals surface area contributed by atoms with Crippen molar-refractivity contribution in [1.29, 1.82) is 0 Å². The van der Waals surface area contributed by atoms with Gasteiger partial charge in [0.15, 0.2) is 5.43 Å². The number of unbranched alkanes of at least 4 members (excludes halogenated alkanes) is 1. The highest BCUT2D eigenvalue weighted by molar-refractivity contribution is 7.24. The highest BCUT2D eigenvalue weighted by Gasteiger charge is 2.13. The molecule has 0 saturated carbocycles. The minimum atomic E-state index is -0.430. The van der Waals surface area contributed by atoms with Crippen molar-refractivity contribution >= 4 is 43.4 Å². The van der Waals surface area contributed by atoms with Crippen molar-refractivity contribution < 1.29 is 19.1 Å². The van der Waals surface area contributed by atoms with E-state index in [9.17, 15) is 14.4 Å². The van der Waals surface area contributed by atoms with E-state index in [1.807, 2.05) is 18.2 Å². The molecule has 0 aliphatic carbocycles. The van der Waals surface area contributed by atoms with Gasteiger partial charge in [-0.2, -0.15) is 0 Å². The zero-order chi connectivity index (χ0) is 20.1. The van der Waals surface area contributed by atoms with E-state index in [4.69, 9.17) is 9.47 Å². The molecule has 0 spiro atoms. The summed E-state index contributed by atoms with van der Waals surface area (Å²) in [5.41, 5.74) is 0.281. The lowest BCUT2D eigenvalue weighted by atomic mass is 10.2. The molecule has 1 heterocycles. The number of hydrogen-bond acceptors (Lipinski definition) is 6. The Morgan fingerprint density at radius 3 is 2.57 bits per heavy atom. The second kappa shape index (κ2) is 8.80. The first-order valence-corrected chi connectivity index (χ1v) is 9.77. The highest BCUT2D eigenvalue weighted by atomic mass is 32.1. The van der Waals surface area contributed by atoms with Crippen LogP contribution in [0.1, 0.15) is 26.2 Å². The third-order valence-electron chi connectivity index (χ3n) is 4.15. The fourth-order valence-electron chi connectivity index (χ4n) is 2.71. The number of ether oxygens (including phenoxy) is 2. The Morgan fingerprint density at radius 2 is 1.79 bits per heavy atom. The van der Waals surface area contributed by atoms with Crippen LogP contribution in [-0.4, -0.2) is 18.5 Å². The van der Waals surface area contributed by atoms with Gasteiger partial charge in [0.05, 0.1) is 11.3 Å². The summed E-state index contributed by atoms with van der Waals surface area (Å²) in [7, 11) is 0. The first kappa shape index (κ1) is 19.8.